The van der Waals surface area contributed by atoms with Crippen LogP contribution in [0, 0.1) is 6.92 Å². The van der Waals surface area contributed by atoms with Crippen molar-refractivity contribution >= 4 is 5.97 Å². The summed E-state index contributed by atoms with van der Waals surface area (Å²) in [4.78, 5) is 12.7. The highest BCUT2D eigenvalue weighted by Crippen LogP contribution is 2.13. The minimum Gasteiger partial charge on any atom is -0.480 e. The Kier molecular flexibility index (Phi) is 4.55. The van der Waals surface area contributed by atoms with Crippen molar-refractivity contribution in [1.29, 1.82) is 0 Å². The van der Waals surface area contributed by atoms with E-state index < -0.39 is 5.97 Å². The lowest BCUT2D eigenvalue weighted by Gasteiger charge is -2.25. The first-order valence-electron chi connectivity index (χ1n) is 5.54. The van der Waals surface area contributed by atoms with Crippen molar-refractivity contribution in [2.24, 2.45) is 0 Å². The third-order valence-electron chi connectivity index (χ3n) is 2.71. The number of rotatable bonds is 6. The number of hydrogen-bond acceptors (Lipinski definition) is 3. The molecule has 4 heteroatoms. The first-order chi connectivity index (χ1) is 7.52. The van der Waals surface area contributed by atoms with Gasteiger partial charge >= 0.3 is 5.97 Å². The average molecular weight is 225 g/mol. The summed E-state index contributed by atoms with van der Waals surface area (Å²) in [5, 5.41) is 8.84. The van der Waals surface area contributed by atoms with E-state index in [4.69, 9.17) is 9.52 Å². The molecule has 1 heterocycles. The number of hydrogen-bond donors (Lipinski definition) is 1. The van der Waals surface area contributed by atoms with Crippen molar-refractivity contribution in [3.05, 3.63) is 23.7 Å². The van der Waals surface area contributed by atoms with E-state index in [1.807, 2.05) is 37.8 Å². The fourth-order valence-corrected chi connectivity index (χ4v) is 1.57. The zero-order chi connectivity index (χ0) is 12.1. The quantitative estimate of drug-likeness (QED) is 0.807. The second kappa shape index (κ2) is 5.70. The number of carboxylic acids is 1. The van der Waals surface area contributed by atoms with Crippen LogP contribution in [0.2, 0.25) is 0 Å². The molecule has 90 valence electrons. The number of aliphatic carboxylic acids is 1. The lowest BCUT2D eigenvalue weighted by atomic mass is 10.2. The molecule has 16 heavy (non-hydrogen) atoms. The highest BCUT2D eigenvalue weighted by molar-refractivity contribution is 5.69. The van der Waals surface area contributed by atoms with Gasteiger partial charge in [-0.1, -0.05) is 6.92 Å². The van der Waals surface area contributed by atoms with E-state index >= 15 is 0 Å². The predicted octanol–water partition coefficient (Wildman–Crippen LogP) is 2.27. The van der Waals surface area contributed by atoms with E-state index in [2.05, 4.69) is 0 Å². The maximum absolute atomic E-state index is 10.8. The van der Waals surface area contributed by atoms with E-state index in [-0.39, 0.29) is 12.6 Å². The molecule has 0 aliphatic carbocycles. The third kappa shape index (κ3) is 3.70. The summed E-state index contributed by atoms with van der Waals surface area (Å²) in [6, 6.07) is 4.03. The Morgan fingerprint density at radius 1 is 1.56 bits per heavy atom. The number of aryl methyl sites for hydroxylation is 1. The van der Waals surface area contributed by atoms with Gasteiger partial charge in [-0.25, -0.2) is 0 Å². The van der Waals surface area contributed by atoms with Gasteiger partial charge in [0.25, 0.3) is 0 Å². The van der Waals surface area contributed by atoms with Crippen LogP contribution in [0.5, 0.6) is 0 Å². The standard InChI is InChI=1S/C12H19NO3/c1-4-9(2)13(8-12(14)15)7-11-6-5-10(3)16-11/h5-6,9H,4,7-8H2,1-3H3,(H,14,15). The van der Waals surface area contributed by atoms with Gasteiger partial charge in [-0.3, -0.25) is 9.69 Å². The maximum atomic E-state index is 10.8. The summed E-state index contributed by atoms with van der Waals surface area (Å²) in [6.45, 7) is 6.56. The maximum Gasteiger partial charge on any atom is 0.317 e. The molecule has 0 radical (unpaired) electrons. The van der Waals surface area contributed by atoms with Gasteiger partial charge in [0.05, 0.1) is 13.1 Å². The van der Waals surface area contributed by atoms with Crippen LogP contribution in [-0.2, 0) is 11.3 Å². The summed E-state index contributed by atoms with van der Waals surface area (Å²) in [7, 11) is 0. The lowest BCUT2D eigenvalue weighted by molar-refractivity contribution is -0.139. The van der Waals surface area contributed by atoms with E-state index in [1.54, 1.807) is 0 Å². The van der Waals surface area contributed by atoms with Crippen LogP contribution < -0.4 is 0 Å². The van der Waals surface area contributed by atoms with Crippen molar-refractivity contribution in [2.75, 3.05) is 6.54 Å². The Bertz CT molecular complexity index is 346. The van der Waals surface area contributed by atoms with E-state index in [9.17, 15) is 4.79 Å². The first kappa shape index (κ1) is 12.8. The molecule has 1 aromatic heterocycles. The minimum atomic E-state index is -0.802. The number of nitrogens with zero attached hydrogens (tertiary/aromatic N) is 1. The van der Waals surface area contributed by atoms with Crippen LogP contribution in [0.15, 0.2) is 16.5 Å². The second-order valence-corrected chi connectivity index (χ2v) is 4.07. The lowest BCUT2D eigenvalue weighted by Crippen LogP contribution is -2.36. The van der Waals surface area contributed by atoms with Gasteiger partial charge < -0.3 is 9.52 Å². The van der Waals surface area contributed by atoms with Gasteiger partial charge in [0, 0.05) is 6.04 Å². The van der Waals surface area contributed by atoms with Gasteiger partial charge in [0.1, 0.15) is 11.5 Å². The van der Waals surface area contributed by atoms with Gasteiger partial charge in [-0.2, -0.15) is 0 Å². The van der Waals surface area contributed by atoms with Gasteiger partial charge in [0.2, 0.25) is 0 Å². The van der Waals surface area contributed by atoms with Crippen molar-refractivity contribution in [1.82, 2.24) is 4.90 Å². The number of furan rings is 1. The van der Waals surface area contributed by atoms with Gasteiger partial charge in [-0.15, -0.1) is 0 Å². The highest BCUT2D eigenvalue weighted by atomic mass is 16.4. The summed E-state index contributed by atoms with van der Waals surface area (Å²) < 4.78 is 5.46. The molecule has 0 fully saturated rings. The Morgan fingerprint density at radius 2 is 2.25 bits per heavy atom. The smallest absolute Gasteiger partial charge is 0.317 e. The summed E-state index contributed by atoms with van der Waals surface area (Å²) in [6.07, 6.45) is 0.924. The molecule has 4 nitrogen and oxygen atoms in total. The molecule has 0 aliphatic heterocycles. The van der Waals surface area contributed by atoms with Crippen molar-refractivity contribution < 1.29 is 14.3 Å². The fraction of sp³-hybridized carbons (Fsp3) is 0.583. The molecule has 0 saturated carbocycles. The second-order valence-electron chi connectivity index (χ2n) is 4.07. The van der Waals surface area contributed by atoms with Crippen LogP contribution >= 0.6 is 0 Å². The zero-order valence-corrected chi connectivity index (χ0v) is 10.1. The van der Waals surface area contributed by atoms with Crippen LogP contribution in [-0.4, -0.2) is 28.6 Å². The Morgan fingerprint density at radius 3 is 2.69 bits per heavy atom. The average Bonchev–Trinajstić information content (AvgIpc) is 2.61. The molecule has 1 atom stereocenters. The van der Waals surface area contributed by atoms with E-state index in [1.165, 1.54) is 0 Å². The van der Waals surface area contributed by atoms with Crippen LogP contribution in [0.1, 0.15) is 31.8 Å². The molecule has 1 N–H and O–H groups in total. The Labute approximate surface area is 95.9 Å². The SMILES string of the molecule is CCC(C)N(CC(=O)O)Cc1ccc(C)o1. The molecule has 0 saturated heterocycles. The van der Waals surface area contributed by atoms with E-state index in [0.717, 1.165) is 17.9 Å². The summed E-state index contributed by atoms with van der Waals surface area (Å²) >= 11 is 0. The molecule has 0 bridgehead atoms. The normalized spacial score (nSPS) is 13.0. The van der Waals surface area contributed by atoms with E-state index in [0.29, 0.717) is 6.54 Å². The van der Waals surface area contributed by atoms with Gasteiger partial charge in [-0.05, 0) is 32.4 Å². The Hall–Kier alpha value is -1.29. The molecular weight excluding hydrogens is 206 g/mol. The summed E-state index contributed by atoms with van der Waals surface area (Å²) in [5.74, 6) is 0.872. The third-order valence-corrected chi connectivity index (χ3v) is 2.71. The minimum absolute atomic E-state index is 0.0504. The fourth-order valence-electron chi connectivity index (χ4n) is 1.57. The number of carbonyl (C=O) groups is 1. The molecule has 0 amide bonds. The van der Waals surface area contributed by atoms with Gasteiger partial charge in [0.15, 0.2) is 0 Å². The number of carboxylic acid groups (broad SMARTS) is 1. The van der Waals surface area contributed by atoms with Crippen LogP contribution in [0.3, 0.4) is 0 Å². The van der Waals surface area contributed by atoms with Crippen molar-refractivity contribution in [3.8, 4) is 0 Å². The molecule has 0 aliphatic rings. The van der Waals surface area contributed by atoms with Crippen LogP contribution in [0.25, 0.3) is 0 Å². The first-order valence-corrected chi connectivity index (χ1v) is 5.54. The summed E-state index contributed by atoms with van der Waals surface area (Å²) in [5.41, 5.74) is 0. The van der Waals surface area contributed by atoms with Crippen LogP contribution in [0.4, 0.5) is 0 Å². The zero-order valence-electron chi connectivity index (χ0n) is 10.1. The predicted molar refractivity (Wildman–Crippen MR) is 61.2 cm³/mol. The molecule has 1 aromatic rings. The Balaban J connectivity index is 2.66. The molecule has 1 rings (SSSR count). The van der Waals surface area contributed by atoms with Crippen molar-refractivity contribution in [3.63, 3.8) is 0 Å². The molecule has 1 unspecified atom stereocenters. The largest absolute Gasteiger partial charge is 0.480 e. The molecular formula is C12H19NO3. The monoisotopic (exact) mass is 225 g/mol. The highest BCUT2D eigenvalue weighted by Gasteiger charge is 2.17. The molecule has 0 aromatic carbocycles. The van der Waals surface area contributed by atoms with Crippen molar-refractivity contribution in [2.45, 2.75) is 39.8 Å². The topological polar surface area (TPSA) is 53.7 Å². The molecule has 0 spiro atoms.